The minimum absolute atomic E-state index is 0.0914. The van der Waals surface area contributed by atoms with E-state index in [1.54, 1.807) is 36.4 Å². The lowest BCUT2D eigenvalue weighted by Crippen LogP contribution is -2.32. The van der Waals surface area contributed by atoms with E-state index in [1.807, 2.05) is 6.92 Å². The van der Waals surface area contributed by atoms with Crippen molar-refractivity contribution in [2.24, 2.45) is 0 Å². The van der Waals surface area contributed by atoms with Crippen LogP contribution in [0.4, 0.5) is 8.78 Å². The van der Waals surface area contributed by atoms with Gasteiger partial charge in [-0.25, -0.2) is 8.78 Å². The molecule has 0 atom stereocenters. The number of ether oxygens (including phenoxy) is 2. The molecular formula is C25H19F2NO3. The van der Waals surface area contributed by atoms with Crippen molar-refractivity contribution in [1.29, 1.82) is 0 Å². The van der Waals surface area contributed by atoms with E-state index in [9.17, 15) is 13.6 Å². The van der Waals surface area contributed by atoms with Gasteiger partial charge in [0, 0.05) is 29.8 Å². The highest BCUT2D eigenvalue weighted by Gasteiger charge is 2.33. The molecule has 31 heavy (non-hydrogen) atoms. The average molecular weight is 419 g/mol. The van der Waals surface area contributed by atoms with Gasteiger partial charge in [0.2, 0.25) is 5.78 Å². The first-order chi connectivity index (χ1) is 15.0. The Morgan fingerprint density at radius 3 is 2.61 bits per heavy atom. The van der Waals surface area contributed by atoms with Gasteiger partial charge in [-0.05, 0) is 42.8 Å². The summed E-state index contributed by atoms with van der Waals surface area (Å²) in [6, 6.07) is 14.4. The fourth-order valence-corrected chi connectivity index (χ4v) is 3.98. The first-order valence-electron chi connectivity index (χ1n) is 9.94. The summed E-state index contributed by atoms with van der Waals surface area (Å²) in [5, 5.41) is 0. The Morgan fingerprint density at radius 1 is 1.06 bits per heavy atom. The number of benzene rings is 3. The molecule has 0 aliphatic carbocycles. The maximum absolute atomic E-state index is 14.0. The predicted octanol–water partition coefficient (Wildman–Crippen LogP) is 5.24. The number of rotatable bonds is 3. The predicted molar refractivity (Wildman–Crippen MR) is 112 cm³/mol. The summed E-state index contributed by atoms with van der Waals surface area (Å²) in [6.45, 7) is 3.40. The lowest BCUT2D eigenvalue weighted by Gasteiger charge is -2.30. The summed E-state index contributed by atoms with van der Waals surface area (Å²) in [5.74, 6) is 0.284. The molecule has 5 rings (SSSR count). The zero-order chi connectivity index (χ0) is 21.5. The first kappa shape index (κ1) is 19.5. The number of carbonyl (C=O) groups excluding carboxylic acids is 1. The highest BCUT2D eigenvalue weighted by atomic mass is 19.1. The molecular weight excluding hydrogens is 400 g/mol. The summed E-state index contributed by atoms with van der Waals surface area (Å²) in [4.78, 5) is 15.0. The molecule has 0 spiro atoms. The topological polar surface area (TPSA) is 38.8 Å². The molecule has 156 valence electrons. The Bertz CT molecular complexity index is 1220. The van der Waals surface area contributed by atoms with Crippen molar-refractivity contribution in [2.45, 2.75) is 20.0 Å². The van der Waals surface area contributed by atoms with Crippen molar-refractivity contribution in [2.75, 3.05) is 6.73 Å². The number of hydrogen-bond acceptors (Lipinski definition) is 4. The number of halogens is 2. The van der Waals surface area contributed by atoms with Gasteiger partial charge in [0.25, 0.3) is 0 Å². The molecule has 0 unspecified atom stereocenters. The van der Waals surface area contributed by atoms with Crippen molar-refractivity contribution in [3.8, 4) is 11.5 Å². The van der Waals surface area contributed by atoms with Gasteiger partial charge in [-0.3, -0.25) is 9.69 Å². The molecule has 0 N–H and O–H groups in total. The number of ketones is 1. The van der Waals surface area contributed by atoms with E-state index in [-0.39, 0.29) is 17.4 Å². The van der Waals surface area contributed by atoms with E-state index in [1.165, 1.54) is 24.3 Å². The lowest BCUT2D eigenvalue weighted by molar-refractivity contribution is 0.0876. The molecule has 6 heteroatoms. The average Bonchev–Trinajstić information content (AvgIpc) is 3.07. The van der Waals surface area contributed by atoms with Crippen molar-refractivity contribution in [3.63, 3.8) is 0 Å². The quantitative estimate of drug-likeness (QED) is 0.544. The summed E-state index contributed by atoms with van der Waals surface area (Å²) >= 11 is 0. The van der Waals surface area contributed by atoms with Crippen LogP contribution in [-0.4, -0.2) is 17.4 Å². The molecule has 0 saturated carbocycles. The van der Waals surface area contributed by atoms with Gasteiger partial charge in [0.1, 0.15) is 29.9 Å². The van der Waals surface area contributed by atoms with Crippen LogP contribution >= 0.6 is 0 Å². The lowest BCUT2D eigenvalue weighted by atomic mass is 10.00. The molecule has 2 aliphatic rings. The van der Waals surface area contributed by atoms with E-state index >= 15 is 0 Å². The van der Waals surface area contributed by atoms with Crippen LogP contribution < -0.4 is 9.47 Å². The third-order valence-corrected chi connectivity index (χ3v) is 5.51. The number of nitrogens with zero attached hydrogens (tertiary/aromatic N) is 1. The maximum Gasteiger partial charge on any atom is 0.231 e. The summed E-state index contributed by atoms with van der Waals surface area (Å²) in [6.07, 6.45) is 1.43. The Kier molecular flexibility index (Phi) is 4.79. The van der Waals surface area contributed by atoms with Crippen LogP contribution in [0.3, 0.4) is 0 Å². The Balaban J connectivity index is 1.43. The van der Waals surface area contributed by atoms with Gasteiger partial charge >= 0.3 is 0 Å². The number of fused-ring (bicyclic) bond motifs is 2. The minimum Gasteiger partial charge on any atom is -0.477 e. The van der Waals surface area contributed by atoms with Crippen molar-refractivity contribution >= 4 is 11.9 Å². The Hall–Kier alpha value is -3.51. The normalized spacial score (nSPS) is 16.6. The standard InChI is InChI=1S/C25H19F2NO3/c1-15-24-18(13-28(14-30-24)12-16-6-8-19(26)9-7-16)10-20-23(29)22(31-25(15)20)11-17-4-2-3-5-21(17)27/h2-11H,12-14H2,1H3/b22-11-. The van der Waals surface area contributed by atoms with Crippen LogP contribution in [0.1, 0.15) is 32.6 Å². The van der Waals surface area contributed by atoms with Crippen molar-refractivity contribution in [1.82, 2.24) is 4.90 Å². The fraction of sp³-hybridized carbons (Fsp3) is 0.160. The highest BCUT2D eigenvalue weighted by Crippen LogP contribution is 2.43. The van der Waals surface area contributed by atoms with Crippen LogP contribution in [0.25, 0.3) is 6.08 Å². The Morgan fingerprint density at radius 2 is 1.84 bits per heavy atom. The number of carbonyl (C=O) groups is 1. The Labute approximate surface area is 178 Å². The van der Waals surface area contributed by atoms with Gasteiger partial charge in [-0.1, -0.05) is 30.3 Å². The molecule has 0 saturated heterocycles. The second-order valence-corrected chi connectivity index (χ2v) is 7.71. The zero-order valence-electron chi connectivity index (χ0n) is 16.8. The van der Waals surface area contributed by atoms with Gasteiger partial charge in [-0.2, -0.15) is 0 Å². The molecule has 0 amide bonds. The number of allylic oxidation sites excluding steroid dienone is 1. The van der Waals surface area contributed by atoms with Crippen LogP contribution in [0.15, 0.2) is 60.4 Å². The summed E-state index contributed by atoms with van der Waals surface area (Å²) in [7, 11) is 0. The van der Waals surface area contributed by atoms with Gasteiger partial charge < -0.3 is 9.47 Å². The van der Waals surface area contributed by atoms with E-state index < -0.39 is 5.82 Å². The number of Topliss-reactive ketones (excluding diaryl/α,β-unsaturated/α-hetero) is 1. The second-order valence-electron chi connectivity index (χ2n) is 7.71. The molecule has 0 fully saturated rings. The third-order valence-electron chi connectivity index (χ3n) is 5.51. The molecule has 3 aromatic rings. The molecule has 2 aliphatic heterocycles. The maximum atomic E-state index is 14.0. The highest BCUT2D eigenvalue weighted by molar-refractivity contribution is 6.15. The second kappa shape index (κ2) is 7.63. The van der Waals surface area contributed by atoms with Gasteiger partial charge in [0.15, 0.2) is 5.76 Å². The summed E-state index contributed by atoms with van der Waals surface area (Å²) in [5.41, 5.74) is 3.35. The monoisotopic (exact) mass is 419 g/mol. The van der Waals surface area contributed by atoms with E-state index in [2.05, 4.69) is 4.90 Å². The van der Waals surface area contributed by atoms with Crippen LogP contribution in [0.5, 0.6) is 11.5 Å². The molecule has 4 nitrogen and oxygen atoms in total. The van der Waals surface area contributed by atoms with Crippen molar-refractivity contribution < 1.29 is 23.0 Å². The minimum atomic E-state index is -0.418. The molecule has 0 bridgehead atoms. The van der Waals surface area contributed by atoms with Crippen molar-refractivity contribution in [3.05, 3.63) is 99.8 Å². The van der Waals surface area contributed by atoms with Gasteiger partial charge in [-0.15, -0.1) is 0 Å². The third kappa shape index (κ3) is 3.59. The zero-order valence-corrected chi connectivity index (χ0v) is 16.8. The smallest absolute Gasteiger partial charge is 0.231 e. The van der Waals surface area contributed by atoms with Gasteiger partial charge in [0.05, 0.1) is 5.56 Å². The van der Waals surface area contributed by atoms with E-state index in [0.29, 0.717) is 42.4 Å². The van der Waals surface area contributed by atoms with Crippen LogP contribution in [0, 0.1) is 18.6 Å². The van der Waals surface area contributed by atoms with Crippen LogP contribution in [0.2, 0.25) is 0 Å². The SMILES string of the molecule is Cc1c2c(cc3c1O/C(=C\c1ccccc1F)C3=O)CN(Cc1ccc(F)cc1)CO2. The number of hydrogen-bond donors (Lipinski definition) is 0. The largest absolute Gasteiger partial charge is 0.477 e. The molecule has 2 heterocycles. The summed E-state index contributed by atoms with van der Waals surface area (Å²) < 4.78 is 39.0. The first-order valence-corrected chi connectivity index (χ1v) is 9.94. The molecule has 0 radical (unpaired) electrons. The van der Waals surface area contributed by atoms with Crippen LogP contribution in [-0.2, 0) is 13.1 Å². The molecule has 0 aromatic heterocycles. The van der Waals surface area contributed by atoms with E-state index in [0.717, 1.165) is 16.7 Å². The molecule has 3 aromatic carbocycles. The fourth-order valence-electron chi connectivity index (χ4n) is 3.98. The van der Waals surface area contributed by atoms with E-state index in [4.69, 9.17) is 9.47 Å².